The van der Waals surface area contributed by atoms with Gasteiger partial charge in [0.15, 0.2) is 0 Å². The normalized spacial score (nSPS) is 11.2. The van der Waals surface area contributed by atoms with Crippen molar-refractivity contribution in [1.82, 2.24) is 14.9 Å². The molecule has 0 spiro atoms. The highest BCUT2D eigenvalue weighted by atomic mass is 16.1. The van der Waals surface area contributed by atoms with Crippen LogP contribution in [0.3, 0.4) is 0 Å². The SMILES string of the molecule is [B]c1cccc(Nc2ncnc3ccc(NC(=O)/C=C/CN(C)C)cc23)c1. The number of hydrogen-bond acceptors (Lipinski definition) is 5. The second-order valence-electron chi connectivity index (χ2n) is 6.36. The molecule has 3 rings (SSSR count). The molecule has 0 fully saturated rings. The van der Waals surface area contributed by atoms with Crippen LogP contribution in [0.2, 0.25) is 0 Å². The Labute approximate surface area is 159 Å². The van der Waals surface area contributed by atoms with Crippen LogP contribution in [0.15, 0.2) is 60.9 Å². The number of nitrogens with zero attached hydrogens (tertiary/aromatic N) is 3. The van der Waals surface area contributed by atoms with E-state index in [1.54, 1.807) is 0 Å². The second kappa shape index (κ2) is 8.46. The molecule has 134 valence electrons. The zero-order chi connectivity index (χ0) is 19.2. The van der Waals surface area contributed by atoms with Crippen molar-refractivity contribution >= 4 is 47.3 Å². The van der Waals surface area contributed by atoms with Gasteiger partial charge in [-0.1, -0.05) is 23.7 Å². The minimum absolute atomic E-state index is 0.182. The molecule has 0 aliphatic heterocycles. The molecule has 1 heterocycles. The van der Waals surface area contributed by atoms with Gasteiger partial charge in [0.2, 0.25) is 5.91 Å². The first-order valence-corrected chi connectivity index (χ1v) is 8.51. The van der Waals surface area contributed by atoms with Crippen molar-refractivity contribution in [2.24, 2.45) is 0 Å². The number of benzene rings is 2. The summed E-state index contributed by atoms with van der Waals surface area (Å²) in [6.45, 7) is 0.702. The molecule has 0 atom stereocenters. The molecule has 1 amide bonds. The first-order chi connectivity index (χ1) is 13.0. The molecule has 0 aliphatic rings. The number of amides is 1. The largest absolute Gasteiger partial charge is 0.340 e. The van der Waals surface area contributed by atoms with Crippen molar-refractivity contribution in [2.45, 2.75) is 0 Å². The lowest BCUT2D eigenvalue weighted by Gasteiger charge is -2.10. The first kappa shape index (κ1) is 18.6. The number of fused-ring (bicyclic) bond motifs is 1. The summed E-state index contributed by atoms with van der Waals surface area (Å²) in [7, 11) is 9.72. The van der Waals surface area contributed by atoms with Crippen LogP contribution in [-0.4, -0.2) is 49.3 Å². The predicted molar refractivity (Wildman–Crippen MR) is 111 cm³/mol. The maximum absolute atomic E-state index is 12.1. The van der Waals surface area contributed by atoms with Gasteiger partial charge in [-0.15, -0.1) is 0 Å². The monoisotopic (exact) mass is 357 g/mol. The van der Waals surface area contributed by atoms with Gasteiger partial charge in [-0.2, -0.15) is 0 Å². The van der Waals surface area contributed by atoms with Gasteiger partial charge in [0.05, 0.1) is 5.52 Å². The Balaban J connectivity index is 1.83. The van der Waals surface area contributed by atoms with Crippen LogP contribution in [0.25, 0.3) is 10.9 Å². The van der Waals surface area contributed by atoms with Crippen LogP contribution >= 0.6 is 0 Å². The lowest BCUT2D eigenvalue weighted by Crippen LogP contribution is -2.13. The summed E-state index contributed by atoms with van der Waals surface area (Å²) >= 11 is 0. The number of carbonyl (C=O) groups excluding carboxylic acids is 1. The van der Waals surface area contributed by atoms with Gasteiger partial charge in [-0.25, -0.2) is 9.97 Å². The minimum atomic E-state index is -0.182. The quantitative estimate of drug-likeness (QED) is 0.523. The Morgan fingerprint density at radius 3 is 2.78 bits per heavy atom. The summed E-state index contributed by atoms with van der Waals surface area (Å²) in [5.41, 5.74) is 2.94. The van der Waals surface area contributed by atoms with E-state index in [1.165, 1.54) is 12.4 Å². The van der Waals surface area contributed by atoms with E-state index in [9.17, 15) is 4.79 Å². The average molecular weight is 357 g/mol. The van der Waals surface area contributed by atoms with E-state index >= 15 is 0 Å². The Morgan fingerprint density at radius 2 is 2.00 bits per heavy atom. The Hall–Kier alpha value is -3.19. The van der Waals surface area contributed by atoms with Crippen molar-refractivity contribution in [3.8, 4) is 0 Å². The van der Waals surface area contributed by atoms with Gasteiger partial charge in [0.1, 0.15) is 20.0 Å². The molecule has 2 aromatic carbocycles. The molecule has 7 heteroatoms. The third-order valence-corrected chi connectivity index (χ3v) is 3.79. The smallest absolute Gasteiger partial charge is 0.248 e. The van der Waals surface area contributed by atoms with Crippen molar-refractivity contribution in [1.29, 1.82) is 0 Å². The van der Waals surface area contributed by atoms with Crippen LogP contribution in [0.4, 0.5) is 17.2 Å². The number of aromatic nitrogens is 2. The van der Waals surface area contributed by atoms with E-state index in [1.807, 2.05) is 67.5 Å². The summed E-state index contributed by atoms with van der Waals surface area (Å²) in [6, 6.07) is 12.9. The van der Waals surface area contributed by atoms with Gasteiger partial charge in [-0.05, 0) is 44.4 Å². The number of carbonyl (C=O) groups is 1. The average Bonchev–Trinajstić information content (AvgIpc) is 2.62. The lowest BCUT2D eigenvalue weighted by atomic mass is 9.96. The van der Waals surface area contributed by atoms with Crippen LogP contribution in [0.5, 0.6) is 0 Å². The number of nitrogens with one attached hydrogen (secondary N) is 2. The van der Waals surface area contributed by atoms with Crippen molar-refractivity contribution in [3.05, 3.63) is 60.9 Å². The maximum Gasteiger partial charge on any atom is 0.248 e. The van der Waals surface area contributed by atoms with Crippen LogP contribution in [0.1, 0.15) is 0 Å². The highest BCUT2D eigenvalue weighted by molar-refractivity contribution is 6.32. The molecule has 3 aromatic rings. The highest BCUT2D eigenvalue weighted by Gasteiger charge is 2.07. The van der Waals surface area contributed by atoms with Gasteiger partial charge in [-0.3, -0.25) is 4.79 Å². The third kappa shape index (κ3) is 5.15. The number of hydrogen-bond donors (Lipinski definition) is 2. The molecule has 27 heavy (non-hydrogen) atoms. The zero-order valence-electron chi connectivity index (χ0n) is 15.3. The fourth-order valence-corrected chi connectivity index (χ4v) is 2.54. The van der Waals surface area contributed by atoms with Gasteiger partial charge < -0.3 is 15.5 Å². The Kier molecular flexibility index (Phi) is 5.83. The number of anilines is 3. The fourth-order valence-electron chi connectivity index (χ4n) is 2.54. The minimum Gasteiger partial charge on any atom is -0.340 e. The van der Waals surface area contributed by atoms with Crippen LogP contribution in [-0.2, 0) is 4.79 Å². The topological polar surface area (TPSA) is 70.1 Å². The maximum atomic E-state index is 12.1. The molecular formula is C20H20BN5O. The highest BCUT2D eigenvalue weighted by Crippen LogP contribution is 2.25. The first-order valence-electron chi connectivity index (χ1n) is 8.51. The molecule has 1 aromatic heterocycles. The van der Waals surface area contributed by atoms with E-state index in [4.69, 9.17) is 7.85 Å². The molecule has 2 radical (unpaired) electrons. The van der Waals surface area contributed by atoms with Crippen molar-refractivity contribution in [3.63, 3.8) is 0 Å². The second-order valence-corrected chi connectivity index (χ2v) is 6.36. The summed E-state index contributed by atoms with van der Waals surface area (Å²) in [6.07, 6.45) is 4.84. The number of likely N-dealkylation sites (N-methyl/N-ethyl adjacent to an activating group) is 1. The molecule has 0 bridgehead atoms. The molecule has 2 N–H and O–H groups in total. The van der Waals surface area contributed by atoms with E-state index < -0.39 is 0 Å². The summed E-state index contributed by atoms with van der Waals surface area (Å²) in [4.78, 5) is 22.7. The van der Waals surface area contributed by atoms with Crippen LogP contribution < -0.4 is 16.1 Å². The molecular weight excluding hydrogens is 337 g/mol. The van der Waals surface area contributed by atoms with Crippen molar-refractivity contribution in [2.75, 3.05) is 31.3 Å². The molecule has 0 saturated carbocycles. The Bertz CT molecular complexity index is 987. The van der Waals surface area contributed by atoms with Crippen molar-refractivity contribution < 1.29 is 4.79 Å². The standard InChI is InChI=1S/C20H20BN5O/c1-26(2)10-4-7-19(27)24-16-8-9-18-17(12-16)20(23-13-22-18)25-15-6-3-5-14(21)11-15/h3-9,11-13H,10H2,1-2H3,(H,24,27)(H,22,23,25)/b7-4+. The molecule has 0 aliphatic carbocycles. The van der Waals surface area contributed by atoms with E-state index in [0.717, 1.165) is 16.6 Å². The summed E-state index contributed by atoms with van der Waals surface area (Å²) in [5, 5.41) is 6.91. The molecule has 0 unspecified atom stereocenters. The summed E-state index contributed by atoms with van der Waals surface area (Å²) < 4.78 is 0. The van der Waals surface area contributed by atoms with Gasteiger partial charge in [0, 0.05) is 29.4 Å². The van der Waals surface area contributed by atoms with Gasteiger partial charge >= 0.3 is 0 Å². The fraction of sp³-hybridized carbons (Fsp3) is 0.150. The summed E-state index contributed by atoms with van der Waals surface area (Å²) in [5.74, 6) is 0.461. The third-order valence-electron chi connectivity index (χ3n) is 3.79. The Morgan fingerprint density at radius 1 is 1.15 bits per heavy atom. The molecule has 0 saturated heterocycles. The number of rotatable bonds is 6. The molecule has 6 nitrogen and oxygen atoms in total. The van der Waals surface area contributed by atoms with E-state index in [-0.39, 0.29) is 5.91 Å². The van der Waals surface area contributed by atoms with Gasteiger partial charge in [0.25, 0.3) is 0 Å². The van der Waals surface area contributed by atoms with E-state index in [2.05, 4.69) is 20.6 Å². The van der Waals surface area contributed by atoms with Crippen LogP contribution in [0, 0.1) is 0 Å². The lowest BCUT2D eigenvalue weighted by molar-refractivity contribution is -0.111. The van der Waals surface area contributed by atoms with E-state index in [0.29, 0.717) is 23.5 Å². The predicted octanol–water partition coefficient (Wildman–Crippen LogP) is 2.22. The zero-order valence-corrected chi connectivity index (χ0v) is 15.3.